The lowest BCUT2D eigenvalue weighted by Gasteiger charge is -2.29. The molecule has 0 bridgehead atoms. The highest BCUT2D eigenvalue weighted by Crippen LogP contribution is 2.23. The van der Waals surface area contributed by atoms with Crippen LogP contribution in [0.3, 0.4) is 0 Å². The molecule has 1 aromatic rings. The van der Waals surface area contributed by atoms with E-state index in [1.54, 1.807) is 0 Å². The molecule has 0 aromatic heterocycles. The second-order valence-corrected chi connectivity index (χ2v) is 6.98. The van der Waals surface area contributed by atoms with Gasteiger partial charge < -0.3 is 15.7 Å². The minimum Gasteiger partial charge on any atom is -0.396 e. The predicted molar refractivity (Wildman–Crippen MR) is 98.0 cm³/mol. The van der Waals surface area contributed by atoms with Crippen molar-refractivity contribution in [2.45, 2.75) is 64.0 Å². The SMILES string of the molecule is CCCC(NC(=O)Cc1ccccc1)C(=O)NC1CCC(CO)CC1. The zero-order valence-corrected chi connectivity index (χ0v) is 15.0. The van der Waals surface area contributed by atoms with E-state index in [4.69, 9.17) is 0 Å². The summed E-state index contributed by atoms with van der Waals surface area (Å²) in [5, 5.41) is 15.2. The molecule has 1 atom stereocenters. The molecule has 0 spiro atoms. The summed E-state index contributed by atoms with van der Waals surface area (Å²) in [6.45, 7) is 2.24. The summed E-state index contributed by atoms with van der Waals surface area (Å²) in [4.78, 5) is 24.8. The van der Waals surface area contributed by atoms with Gasteiger partial charge in [-0.15, -0.1) is 0 Å². The first-order chi connectivity index (χ1) is 12.1. The summed E-state index contributed by atoms with van der Waals surface area (Å²) < 4.78 is 0. The molecular formula is C20H30N2O3. The Morgan fingerprint density at radius 3 is 2.44 bits per heavy atom. The average Bonchev–Trinajstić information content (AvgIpc) is 2.62. The smallest absolute Gasteiger partial charge is 0.242 e. The van der Waals surface area contributed by atoms with Crippen LogP contribution in [0.15, 0.2) is 30.3 Å². The van der Waals surface area contributed by atoms with Crippen molar-refractivity contribution in [2.24, 2.45) is 5.92 Å². The minimum absolute atomic E-state index is 0.0873. The summed E-state index contributed by atoms with van der Waals surface area (Å²) in [6.07, 6.45) is 5.44. The molecule has 1 saturated carbocycles. The first-order valence-electron chi connectivity index (χ1n) is 9.36. The van der Waals surface area contributed by atoms with Crippen molar-refractivity contribution in [2.75, 3.05) is 6.61 Å². The Labute approximate surface area is 150 Å². The maximum absolute atomic E-state index is 12.6. The van der Waals surface area contributed by atoms with E-state index in [1.165, 1.54) is 0 Å². The lowest BCUT2D eigenvalue weighted by molar-refractivity contribution is -0.129. The number of aliphatic hydroxyl groups excluding tert-OH is 1. The molecule has 138 valence electrons. The van der Waals surface area contributed by atoms with Crippen molar-refractivity contribution < 1.29 is 14.7 Å². The Kier molecular flexibility index (Phi) is 7.92. The molecular weight excluding hydrogens is 316 g/mol. The fourth-order valence-corrected chi connectivity index (χ4v) is 3.38. The van der Waals surface area contributed by atoms with Crippen LogP contribution in [0.4, 0.5) is 0 Å². The lowest BCUT2D eigenvalue weighted by atomic mass is 9.86. The Morgan fingerprint density at radius 2 is 1.84 bits per heavy atom. The fraction of sp³-hybridized carbons (Fsp3) is 0.600. The molecule has 0 saturated heterocycles. The predicted octanol–water partition coefficient (Wildman–Crippen LogP) is 2.18. The van der Waals surface area contributed by atoms with Gasteiger partial charge >= 0.3 is 0 Å². The Bertz CT molecular complexity index is 539. The summed E-state index contributed by atoms with van der Waals surface area (Å²) in [7, 11) is 0. The summed E-state index contributed by atoms with van der Waals surface area (Å²) >= 11 is 0. The monoisotopic (exact) mass is 346 g/mol. The molecule has 0 heterocycles. The third-order valence-electron chi connectivity index (χ3n) is 4.89. The van der Waals surface area contributed by atoms with Crippen LogP contribution < -0.4 is 10.6 Å². The van der Waals surface area contributed by atoms with Crippen LogP contribution in [0.2, 0.25) is 0 Å². The average molecular weight is 346 g/mol. The molecule has 3 N–H and O–H groups in total. The highest BCUT2D eigenvalue weighted by molar-refractivity contribution is 5.88. The van der Waals surface area contributed by atoms with Crippen molar-refractivity contribution in [1.82, 2.24) is 10.6 Å². The van der Waals surface area contributed by atoms with Gasteiger partial charge in [-0.2, -0.15) is 0 Å². The first-order valence-corrected chi connectivity index (χ1v) is 9.36. The normalized spacial score (nSPS) is 21.4. The van der Waals surface area contributed by atoms with Gasteiger partial charge in [0.2, 0.25) is 11.8 Å². The van der Waals surface area contributed by atoms with Crippen molar-refractivity contribution in [3.8, 4) is 0 Å². The summed E-state index contributed by atoms with van der Waals surface area (Å²) in [6, 6.07) is 9.23. The van der Waals surface area contributed by atoms with Crippen molar-refractivity contribution in [3.05, 3.63) is 35.9 Å². The zero-order valence-electron chi connectivity index (χ0n) is 15.0. The number of hydrogen-bond donors (Lipinski definition) is 3. The van der Waals surface area contributed by atoms with Crippen molar-refractivity contribution in [3.63, 3.8) is 0 Å². The Balaban J connectivity index is 1.84. The molecule has 2 rings (SSSR count). The highest BCUT2D eigenvalue weighted by atomic mass is 16.3. The maximum atomic E-state index is 12.6. The van der Waals surface area contributed by atoms with Crippen LogP contribution in [0.5, 0.6) is 0 Å². The van der Waals surface area contributed by atoms with E-state index < -0.39 is 6.04 Å². The molecule has 1 aliphatic carbocycles. The standard InChI is InChI=1S/C20H30N2O3/c1-2-6-18(22-19(24)13-15-7-4-3-5-8-15)20(25)21-17-11-9-16(14-23)10-12-17/h3-5,7-8,16-18,23H,2,6,9-14H2,1H3,(H,21,25)(H,22,24). The molecule has 0 aliphatic heterocycles. The van der Waals surface area contributed by atoms with Gasteiger partial charge in [-0.1, -0.05) is 43.7 Å². The van der Waals surface area contributed by atoms with Crippen LogP contribution in [0.25, 0.3) is 0 Å². The quantitative estimate of drug-likeness (QED) is 0.675. The number of rotatable bonds is 8. The van der Waals surface area contributed by atoms with Crippen LogP contribution in [0.1, 0.15) is 51.0 Å². The molecule has 1 aliphatic rings. The highest BCUT2D eigenvalue weighted by Gasteiger charge is 2.26. The van der Waals surface area contributed by atoms with Crippen molar-refractivity contribution >= 4 is 11.8 Å². The first kappa shape index (κ1) is 19.4. The summed E-state index contributed by atoms with van der Waals surface area (Å²) in [5.74, 6) is 0.157. The van der Waals surface area contributed by atoms with Gasteiger partial charge in [0.15, 0.2) is 0 Å². The number of amides is 2. The third-order valence-corrected chi connectivity index (χ3v) is 4.89. The van der Waals surface area contributed by atoms with Crippen molar-refractivity contribution in [1.29, 1.82) is 0 Å². The number of aliphatic hydroxyl groups is 1. The zero-order chi connectivity index (χ0) is 18.1. The molecule has 1 unspecified atom stereocenters. The van der Waals surface area contributed by atoms with E-state index in [0.29, 0.717) is 12.3 Å². The lowest BCUT2D eigenvalue weighted by Crippen LogP contribution is -2.50. The molecule has 25 heavy (non-hydrogen) atoms. The van der Waals surface area contributed by atoms with E-state index in [1.807, 2.05) is 37.3 Å². The van der Waals surface area contributed by atoms with E-state index in [9.17, 15) is 14.7 Å². The number of nitrogens with one attached hydrogen (secondary N) is 2. The van der Waals surface area contributed by atoms with Gasteiger partial charge in [0, 0.05) is 12.6 Å². The second-order valence-electron chi connectivity index (χ2n) is 6.98. The van der Waals surface area contributed by atoms with Gasteiger partial charge in [-0.3, -0.25) is 9.59 Å². The van der Waals surface area contributed by atoms with Crippen LogP contribution >= 0.6 is 0 Å². The molecule has 5 nitrogen and oxygen atoms in total. The third kappa shape index (κ3) is 6.50. The molecule has 1 fully saturated rings. The van der Waals surface area contributed by atoms with E-state index in [2.05, 4.69) is 10.6 Å². The van der Waals surface area contributed by atoms with Crippen LogP contribution in [0, 0.1) is 5.92 Å². The topological polar surface area (TPSA) is 78.4 Å². The largest absolute Gasteiger partial charge is 0.396 e. The molecule has 2 amide bonds. The molecule has 1 aromatic carbocycles. The maximum Gasteiger partial charge on any atom is 0.242 e. The number of carbonyl (C=O) groups excluding carboxylic acids is 2. The van der Waals surface area contributed by atoms with E-state index in [-0.39, 0.29) is 30.9 Å². The minimum atomic E-state index is -0.475. The van der Waals surface area contributed by atoms with Gasteiger partial charge in [0.25, 0.3) is 0 Å². The van der Waals surface area contributed by atoms with Gasteiger partial charge in [0.1, 0.15) is 6.04 Å². The fourth-order valence-electron chi connectivity index (χ4n) is 3.38. The van der Waals surface area contributed by atoms with E-state index in [0.717, 1.165) is 37.7 Å². The van der Waals surface area contributed by atoms with Gasteiger partial charge in [-0.25, -0.2) is 0 Å². The number of benzene rings is 1. The number of carbonyl (C=O) groups is 2. The molecule has 5 heteroatoms. The molecule has 0 radical (unpaired) electrons. The Hall–Kier alpha value is -1.88. The van der Waals surface area contributed by atoms with Gasteiger partial charge in [0.05, 0.1) is 6.42 Å². The number of hydrogen-bond acceptors (Lipinski definition) is 3. The van der Waals surface area contributed by atoms with Crippen LogP contribution in [-0.4, -0.2) is 35.6 Å². The Morgan fingerprint density at radius 1 is 1.16 bits per heavy atom. The van der Waals surface area contributed by atoms with Crippen LogP contribution in [-0.2, 0) is 16.0 Å². The second kappa shape index (κ2) is 10.2. The van der Waals surface area contributed by atoms with Gasteiger partial charge in [-0.05, 0) is 43.6 Å². The summed E-state index contributed by atoms with van der Waals surface area (Å²) in [5.41, 5.74) is 0.943. The van der Waals surface area contributed by atoms with E-state index >= 15 is 0 Å².